The lowest BCUT2D eigenvalue weighted by Gasteiger charge is -2.31. The number of rotatable bonds is 55. The summed E-state index contributed by atoms with van der Waals surface area (Å²) in [5.74, 6) is -1.44. The standard InChI is InChI=1S/C60H115NO7/c1-6-8-10-12-14-16-18-20-22-24-26-28-29-31-32-34-36-38-40-42-44-46-48-50-58(62)67-55-56(54-66-53-52-57(60(64)65)61(3,4)5)68-59(63)51-49-47-45-43-41-39-37-35-33-30-27-25-23-21-19-17-15-13-11-9-7-2/h30,33,56-57H,6-29,31-32,34-55H2,1-5H3/p+1/b33-30+. The average molecular weight is 964 g/mol. The molecule has 0 radical (unpaired) electrons. The van der Waals surface area contributed by atoms with Crippen LogP contribution in [0.15, 0.2) is 12.2 Å². The number of nitrogens with zero attached hydrogens (tertiary/aromatic N) is 1. The molecule has 0 heterocycles. The van der Waals surface area contributed by atoms with Crippen molar-refractivity contribution in [3.8, 4) is 0 Å². The first-order valence-corrected chi connectivity index (χ1v) is 29.7. The minimum atomic E-state index is -0.870. The summed E-state index contributed by atoms with van der Waals surface area (Å²) in [5, 5.41) is 9.68. The molecular formula is C60H116NO7+. The average Bonchev–Trinajstić information content (AvgIpc) is 3.30. The first-order chi connectivity index (χ1) is 33.1. The van der Waals surface area contributed by atoms with Crippen LogP contribution in [0.4, 0.5) is 0 Å². The van der Waals surface area contributed by atoms with E-state index in [1.165, 1.54) is 231 Å². The third-order valence-electron chi connectivity index (χ3n) is 13.9. The van der Waals surface area contributed by atoms with Gasteiger partial charge in [0.05, 0.1) is 34.4 Å². The van der Waals surface area contributed by atoms with Gasteiger partial charge < -0.3 is 23.8 Å². The molecule has 68 heavy (non-hydrogen) atoms. The molecule has 0 amide bonds. The zero-order valence-corrected chi connectivity index (χ0v) is 46.1. The van der Waals surface area contributed by atoms with Crippen molar-refractivity contribution in [2.45, 2.75) is 315 Å². The first kappa shape index (κ1) is 66.1. The van der Waals surface area contributed by atoms with E-state index in [4.69, 9.17) is 14.2 Å². The highest BCUT2D eigenvalue weighted by Crippen LogP contribution is 2.18. The number of quaternary nitrogens is 1. The lowest BCUT2D eigenvalue weighted by atomic mass is 10.0. The van der Waals surface area contributed by atoms with Crippen LogP contribution < -0.4 is 0 Å². The predicted molar refractivity (Wildman–Crippen MR) is 289 cm³/mol. The summed E-state index contributed by atoms with van der Waals surface area (Å²) in [6.07, 6.45) is 59.9. The zero-order chi connectivity index (χ0) is 49.9. The van der Waals surface area contributed by atoms with Crippen molar-refractivity contribution in [1.82, 2.24) is 0 Å². The fraction of sp³-hybridized carbons (Fsp3) is 0.917. The SMILES string of the molecule is CCCCCCCCCCCC/C=C/CCCCCCCCCC(=O)OC(COCCC(C(=O)O)[N+](C)(C)C)COC(=O)CCCCCCCCCCCCCCCCCCCCCCCCC. The van der Waals surface area contributed by atoms with Gasteiger partial charge in [-0.05, 0) is 38.5 Å². The van der Waals surface area contributed by atoms with Crippen LogP contribution in [0.3, 0.4) is 0 Å². The number of carbonyl (C=O) groups excluding carboxylic acids is 2. The summed E-state index contributed by atoms with van der Waals surface area (Å²) in [6, 6.07) is -0.613. The van der Waals surface area contributed by atoms with Crippen molar-refractivity contribution in [3.63, 3.8) is 0 Å². The van der Waals surface area contributed by atoms with Crippen molar-refractivity contribution in [1.29, 1.82) is 0 Å². The van der Waals surface area contributed by atoms with Gasteiger partial charge in [-0.3, -0.25) is 9.59 Å². The van der Waals surface area contributed by atoms with Crippen molar-refractivity contribution >= 4 is 17.9 Å². The smallest absolute Gasteiger partial charge is 0.362 e. The molecule has 1 N–H and O–H groups in total. The fourth-order valence-corrected chi connectivity index (χ4v) is 9.33. The molecule has 0 aliphatic heterocycles. The molecule has 0 aromatic heterocycles. The van der Waals surface area contributed by atoms with E-state index in [9.17, 15) is 19.5 Å². The minimum Gasteiger partial charge on any atom is -0.477 e. The van der Waals surface area contributed by atoms with E-state index in [-0.39, 0.29) is 36.2 Å². The molecule has 8 nitrogen and oxygen atoms in total. The molecule has 0 aliphatic carbocycles. The van der Waals surface area contributed by atoms with Crippen LogP contribution in [0.1, 0.15) is 303 Å². The summed E-state index contributed by atoms with van der Waals surface area (Å²) in [7, 11) is 5.56. The lowest BCUT2D eigenvalue weighted by molar-refractivity contribution is -0.887. The molecule has 0 saturated carbocycles. The number of hydrogen-bond donors (Lipinski definition) is 1. The monoisotopic (exact) mass is 963 g/mol. The second kappa shape index (κ2) is 51.4. The van der Waals surface area contributed by atoms with Gasteiger partial charge >= 0.3 is 17.9 Å². The highest BCUT2D eigenvalue weighted by Gasteiger charge is 2.31. The summed E-state index contributed by atoms with van der Waals surface area (Å²) in [4.78, 5) is 37.3. The fourth-order valence-electron chi connectivity index (χ4n) is 9.33. The summed E-state index contributed by atoms with van der Waals surface area (Å²) >= 11 is 0. The van der Waals surface area contributed by atoms with Crippen LogP contribution in [0.5, 0.6) is 0 Å². The Kier molecular flexibility index (Phi) is 50.0. The van der Waals surface area contributed by atoms with E-state index >= 15 is 0 Å². The molecular weight excluding hydrogens is 847 g/mol. The van der Waals surface area contributed by atoms with Gasteiger partial charge in [0.25, 0.3) is 0 Å². The second-order valence-electron chi connectivity index (χ2n) is 21.6. The van der Waals surface area contributed by atoms with E-state index in [2.05, 4.69) is 26.0 Å². The Bertz CT molecular complexity index is 1120. The third-order valence-corrected chi connectivity index (χ3v) is 13.9. The van der Waals surface area contributed by atoms with Crippen molar-refractivity contribution < 1.29 is 38.2 Å². The molecule has 0 rings (SSSR count). The third kappa shape index (κ3) is 49.1. The van der Waals surface area contributed by atoms with Crippen LogP contribution in [-0.4, -0.2) is 80.6 Å². The largest absolute Gasteiger partial charge is 0.477 e. The van der Waals surface area contributed by atoms with Crippen LogP contribution >= 0.6 is 0 Å². The van der Waals surface area contributed by atoms with Gasteiger partial charge in [0.2, 0.25) is 0 Å². The second-order valence-corrected chi connectivity index (χ2v) is 21.6. The number of likely N-dealkylation sites (N-methyl/N-ethyl adjacent to an activating group) is 1. The Labute approximate surface area is 422 Å². The quantitative estimate of drug-likeness (QED) is 0.0280. The van der Waals surface area contributed by atoms with Crippen LogP contribution in [0.2, 0.25) is 0 Å². The number of carbonyl (C=O) groups is 3. The number of ether oxygens (including phenoxy) is 3. The van der Waals surface area contributed by atoms with E-state index in [1.807, 2.05) is 21.1 Å². The van der Waals surface area contributed by atoms with Gasteiger partial charge in [-0.1, -0.05) is 257 Å². The van der Waals surface area contributed by atoms with Gasteiger partial charge in [0.15, 0.2) is 12.1 Å². The van der Waals surface area contributed by atoms with E-state index in [0.717, 1.165) is 38.5 Å². The maximum Gasteiger partial charge on any atom is 0.362 e. The van der Waals surface area contributed by atoms with Crippen molar-refractivity contribution in [2.24, 2.45) is 0 Å². The Balaban J connectivity index is 4.11. The molecule has 0 bridgehead atoms. The van der Waals surface area contributed by atoms with Crippen LogP contribution in [0, 0.1) is 0 Å². The number of hydrogen-bond acceptors (Lipinski definition) is 6. The van der Waals surface area contributed by atoms with Crippen LogP contribution in [-0.2, 0) is 28.6 Å². The van der Waals surface area contributed by atoms with Gasteiger partial charge in [-0.15, -0.1) is 0 Å². The molecule has 0 aromatic rings. The summed E-state index contributed by atoms with van der Waals surface area (Å²) < 4.78 is 17.4. The Morgan fingerprint density at radius 3 is 1.06 bits per heavy atom. The Morgan fingerprint density at radius 1 is 0.426 bits per heavy atom. The maximum atomic E-state index is 12.8. The van der Waals surface area contributed by atoms with Gasteiger partial charge in [-0.2, -0.15) is 0 Å². The van der Waals surface area contributed by atoms with Gasteiger partial charge in [0, 0.05) is 19.3 Å². The lowest BCUT2D eigenvalue weighted by Crippen LogP contribution is -2.50. The predicted octanol–water partition coefficient (Wildman–Crippen LogP) is 17.8. The molecule has 402 valence electrons. The zero-order valence-electron chi connectivity index (χ0n) is 46.1. The molecule has 0 saturated heterocycles. The number of esters is 2. The van der Waals surface area contributed by atoms with Gasteiger partial charge in [0.1, 0.15) is 6.61 Å². The maximum absolute atomic E-state index is 12.8. The molecule has 0 spiro atoms. The molecule has 2 atom stereocenters. The van der Waals surface area contributed by atoms with Gasteiger partial charge in [-0.25, -0.2) is 4.79 Å². The normalized spacial score (nSPS) is 12.8. The number of carboxylic acids is 1. The number of carboxylic acid groups (broad SMARTS) is 1. The molecule has 0 aliphatic rings. The highest BCUT2D eigenvalue weighted by molar-refractivity contribution is 5.72. The van der Waals surface area contributed by atoms with E-state index in [0.29, 0.717) is 19.3 Å². The van der Waals surface area contributed by atoms with Crippen molar-refractivity contribution in [2.75, 3.05) is 41.0 Å². The summed E-state index contributed by atoms with van der Waals surface area (Å²) in [6.45, 7) is 4.80. The summed E-state index contributed by atoms with van der Waals surface area (Å²) in [5.41, 5.74) is 0. The Hall–Kier alpha value is -1.93. The topological polar surface area (TPSA) is 99.1 Å². The van der Waals surface area contributed by atoms with E-state index < -0.39 is 18.1 Å². The van der Waals surface area contributed by atoms with Crippen molar-refractivity contribution in [3.05, 3.63) is 12.2 Å². The molecule has 0 aromatic carbocycles. The number of aliphatic carboxylic acids is 1. The highest BCUT2D eigenvalue weighted by atomic mass is 16.6. The Morgan fingerprint density at radius 2 is 0.735 bits per heavy atom. The number of allylic oxidation sites excluding steroid dienone is 2. The first-order valence-electron chi connectivity index (χ1n) is 29.7. The van der Waals surface area contributed by atoms with Crippen LogP contribution in [0.25, 0.3) is 0 Å². The minimum absolute atomic E-state index is 0.0455. The molecule has 8 heteroatoms. The molecule has 0 fully saturated rings. The number of unbranched alkanes of at least 4 members (excludes halogenated alkanes) is 39. The molecule has 2 unspecified atom stereocenters. The van der Waals surface area contributed by atoms with E-state index in [1.54, 1.807) is 0 Å².